The molecule has 0 bridgehead atoms. The van der Waals surface area contributed by atoms with Crippen molar-refractivity contribution in [3.05, 3.63) is 80.9 Å². The molecule has 37 heavy (non-hydrogen) atoms. The van der Waals surface area contributed by atoms with Crippen molar-refractivity contribution in [1.29, 1.82) is 0 Å². The monoisotopic (exact) mass is 531 g/mol. The number of fused-ring (bicyclic) bond motifs is 1. The van der Waals surface area contributed by atoms with E-state index in [1.807, 2.05) is 12.1 Å². The molecule has 0 atom stereocenters. The van der Waals surface area contributed by atoms with Gasteiger partial charge in [0.25, 0.3) is 5.56 Å². The number of nitrogens with one attached hydrogen (secondary N) is 2. The average Bonchev–Trinajstić information content (AvgIpc) is 3.27. The highest BCUT2D eigenvalue weighted by Gasteiger charge is 2.34. The predicted molar refractivity (Wildman–Crippen MR) is 131 cm³/mol. The lowest BCUT2D eigenvalue weighted by molar-refractivity contribution is -0.136. The standard InChI is InChI=1S/C24H21ClF3N7O2/c25-16-5-3-4-14(12-16)13-35-21-19(32-33-35)22(36)31-20(30-21)15-8-10-34(11-9-15)23(37)29-18-7-2-1-6-17(18)24(26,27)28/h1-7,12,15H,8-11,13H2,(H,29,37)(H,30,31,36). The molecule has 9 nitrogen and oxygen atoms in total. The van der Waals surface area contributed by atoms with Gasteiger partial charge in [0.1, 0.15) is 5.82 Å². The minimum atomic E-state index is -4.58. The number of hydrogen-bond acceptors (Lipinski definition) is 5. The van der Waals surface area contributed by atoms with Crippen LogP contribution in [0.3, 0.4) is 0 Å². The largest absolute Gasteiger partial charge is 0.418 e. The zero-order valence-electron chi connectivity index (χ0n) is 19.3. The van der Waals surface area contributed by atoms with Crippen molar-refractivity contribution in [2.24, 2.45) is 0 Å². The van der Waals surface area contributed by atoms with Crippen LogP contribution in [0.5, 0.6) is 0 Å². The molecule has 0 saturated carbocycles. The lowest BCUT2D eigenvalue weighted by Crippen LogP contribution is -2.41. The highest BCUT2D eigenvalue weighted by atomic mass is 35.5. The Labute approximate surface area is 213 Å². The first-order valence-electron chi connectivity index (χ1n) is 11.5. The molecule has 1 saturated heterocycles. The fourth-order valence-electron chi connectivity index (χ4n) is 4.38. The molecule has 0 unspecified atom stereocenters. The Balaban J connectivity index is 1.29. The number of carbonyl (C=O) groups excluding carboxylic acids is 1. The number of alkyl halides is 3. The number of H-pyrrole nitrogens is 1. The van der Waals surface area contributed by atoms with E-state index < -0.39 is 23.3 Å². The number of piperidine rings is 1. The van der Waals surface area contributed by atoms with Gasteiger partial charge in [-0.3, -0.25) is 4.79 Å². The van der Waals surface area contributed by atoms with Gasteiger partial charge in [0.15, 0.2) is 11.2 Å². The zero-order chi connectivity index (χ0) is 26.2. The van der Waals surface area contributed by atoms with Gasteiger partial charge in [0, 0.05) is 24.0 Å². The van der Waals surface area contributed by atoms with Gasteiger partial charge >= 0.3 is 12.2 Å². The molecule has 13 heteroatoms. The van der Waals surface area contributed by atoms with E-state index in [2.05, 4.69) is 25.6 Å². The van der Waals surface area contributed by atoms with Crippen LogP contribution in [-0.2, 0) is 12.7 Å². The molecule has 1 aliphatic heterocycles. The number of likely N-dealkylation sites (tertiary alicyclic amines) is 1. The second-order valence-electron chi connectivity index (χ2n) is 8.74. The third-order valence-electron chi connectivity index (χ3n) is 6.26. The van der Waals surface area contributed by atoms with E-state index in [9.17, 15) is 22.8 Å². The Bertz CT molecular complexity index is 1510. The lowest BCUT2D eigenvalue weighted by Gasteiger charge is -2.31. The number of anilines is 1. The topological polar surface area (TPSA) is 109 Å². The van der Waals surface area contributed by atoms with E-state index in [0.29, 0.717) is 35.9 Å². The molecular weight excluding hydrogens is 511 g/mol. The Morgan fingerprint density at radius 1 is 1.14 bits per heavy atom. The summed E-state index contributed by atoms with van der Waals surface area (Å²) in [5.41, 5.74) is -0.292. The summed E-state index contributed by atoms with van der Waals surface area (Å²) in [7, 11) is 0. The first-order valence-corrected chi connectivity index (χ1v) is 11.9. The van der Waals surface area contributed by atoms with E-state index in [0.717, 1.165) is 11.6 Å². The molecular formula is C24H21ClF3N7O2. The molecule has 192 valence electrons. The molecule has 5 rings (SSSR count). The molecule has 0 aliphatic carbocycles. The summed E-state index contributed by atoms with van der Waals surface area (Å²) in [6.45, 7) is 0.893. The molecule has 4 aromatic rings. The van der Waals surface area contributed by atoms with Crippen molar-refractivity contribution >= 4 is 34.5 Å². The summed E-state index contributed by atoms with van der Waals surface area (Å²) in [4.78, 5) is 34.2. The van der Waals surface area contributed by atoms with Crippen LogP contribution in [0.2, 0.25) is 5.02 Å². The molecule has 2 aromatic carbocycles. The van der Waals surface area contributed by atoms with E-state index in [-0.39, 0.29) is 30.2 Å². The number of benzene rings is 2. The van der Waals surface area contributed by atoms with Crippen LogP contribution < -0.4 is 10.9 Å². The van der Waals surface area contributed by atoms with E-state index >= 15 is 0 Å². The predicted octanol–water partition coefficient (Wildman–Crippen LogP) is 4.65. The number of para-hydroxylation sites is 1. The average molecular weight is 532 g/mol. The summed E-state index contributed by atoms with van der Waals surface area (Å²) >= 11 is 6.06. The third-order valence-corrected chi connectivity index (χ3v) is 6.49. The van der Waals surface area contributed by atoms with Crippen molar-refractivity contribution in [1.82, 2.24) is 29.9 Å². The second-order valence-corrected chi connectivity index (χ2v) is 9.17. The summed E-state index contributed by atoms with van der Waals surface area (Å²) in [6, 6.07) is 11.5. The van der Waals surface area contributed by atoms with Gasteiger partial charge in [0.2, 0.25) is 0 Å². The number of aromatic nitrogens is 5. The molecule has 3 heterocycles. The van der Waals surface area contributed by atoms with Gasteiger partial charge in [-0.1, -0.05) is 41.1 Å². The fraction of sp³-hybridized carbons (Fsp3) is 0.292. The maximum Gasteiger partial charge on any atom is 0.418 e. The van der Waals surface area contributed by atoms with Crippen molar-refractivity contribution in [2.75, 3.05) is 18.4 Å². The van der Waals surface area contributed by atoms with Crippen LogP contribution in [-0.4, -0.2) is 49.0 Å². The number of rotatable bonds is 4. The highest BCUT2D eigenvalue weighted by Crippen LogP contribution is 2.35. The van der Waals surface area contributed by atoms with Gasteiger partial charge in [-0.2, -0.15) is 13.2 Å². The Hall–Kier alpha value is -3.93. The van der Waals surface area contributed by atoms with E-state index in [1.165, 1.54) is 27.8 Å². The van der Waals surface area contributed by atoms with Gasteiger partial charge in [0.05, 0.1) is 17.8 Å². The van der Waals surface area contributed by atoms with E-state index in [4.69, 9.17) is 11.6 Å². The molecule has 2 amide bonds. The Morgan fingerprint density at radius 2 is 1.89 bits per heavy atom. The number of amides is 2. The minimum Gasteiger partial charge on any atom is -0.324 e. The lowest BCUT2D eigenvalue weighted by atomic mass is 9.96. The smallest absolute Gasteiger partial charge is 0.324 e. The molecule has 0 radical (unpaired) electrons. The third kappa shape index (κ3) is 5.29. The normalized spacial score (nSPS) is 14.8. The fourth-order valence-corrected chi connectivity index (χ4v) is 4.59. The second kappa shape index (κ2) is 9.85. The van der Waals surface area contributed by atoms with Crippen molar-refractivity contribution in [3.8, 4) is 0 Å². The molecule has 2 aromatic heterocycles. The summed E-state index contributed by atoms with van der Waals surface area (Å²) in [5.74, 6) is 0.299. The zero-order valence-corrected chi connectivity index (χ0v) is 20.1. The maximum atomic E-state index is 13.3. The van der Waals surface area contributed by atoms with Gasteiger partial charge in [-0.15, -0.1) is 5.10 Å². The first kappa shape index (κ1) is 24.8. The maximum absolute atomic E-state index is 13.3. The van der Waals surface area contributed by atoms with Gasteiger partial charge < -0.3 is 15.2 Å². The van der Waals surface area contributed by atoms with Gasteiger partial charge in [-0.05, 0) is 42.7 Å². The SMILES string of the molecule is O=C(Nc1ccccc1C(F)(F)F)N1CCC(c2nc3c(nnn3Cc3cccc(Cl)c3)c(=O)[nH]2)CC1. The number of urea groups is 1. The number of aromatic amines is 1. The van der Waals surface area contributed by atoms with Crippen LogP contribution in [0.15, 0.2) is 53.3 Å². The van der Waals surface area contributed by atoms with Crippen LogP contribution in [0.1, 0.15) is 35.7 Å². The number of nitrogens with zero attached hydrogens (tertiary/aromatic N) is 5. The number of halogens is 4. The summed E-state index contributed by atoms with van der Waals surface area (Å²) < 4.78 is 41.3. The van der Waals surface area contributed by atoms with Crippen LogP contribution in [0, 0.1) is 0 Å². The quantitative estimate of drug-likeness (QED) is 0.398. The number of hydrogen-bond donors (Lipinski definition) is 2. The van der Waals surface area contributed by atoms with Crippen molar-refractivity contribution in [2.45, 2.75) is 31.5 Å². The van der Waals surface area contributed by atoms with Crippen LogP contribution in [0.4, 0.5) is 23.7 Å². The molecule has 1 aliphatic rings. The number of carbonyl (C=O) groups is 1. The van der Waals surface area contributed by atoms with Crippen LogP contribution >= 0.6 is 11.6 Å². The molecule has 2 N–H and O–H groups in total. The Morgan fingerprint density at radius 3 is 2.62 bits per heavy atom. The molecule has 0 spiro atoms. The highest BCUT2D eigenvalue weighted by molar-refractivity contribution is 6.30. The minimum absolute atomic E-state index is 0.117. The summed E-state index contributed by atoms with van der Waals surface area (Å²) in [5, 5.41) is 11.0. The summed E-state index contributed by atoms with van der Waals surface area (Å²) in [6.07, 6.45) is -3.64. The van der Waals surface area contributed by atoms with Crippen LogP contribution in [0.25, 0.3) is 11.2 Å². The van der Waals surface area contributed by atoms with Crippen molar-refractivity contribution < 1.29 is 18.0 Å². The van der Waals surface area contributed by atoms with Gasteiger partial charge in [-0.25, -0.2) is 14.5 Å². The van der Waals surface area contributed by atoms with E-state index in [1.54, 1.807) is 12.1 Å². The van der Waals surface area contributed by atoms with Crippen molar-refractivity contribution in [3.63, 3.8) is 0 Å². The molecule has 1 fully saturated rings. The Kier molecular flexibility index (Phi) is 6.59. The first-order chi connectivity index (χ1) is 17.7.